The fourth-order valence-corrected chi connectivity index (χ4v) is 2.90. The second-order valence-electron chi connectivity index (χ2n) is 6.22. The number of nitrogens with one attached hydrogen (secondary N) is 2. The van der Waals surface area contributed by atoms with Crippen molar-refractivity contribution in [2.75, 3.05) is 25.5 Å². The molecule has 1 heterocycles. The van der Waals surface area contributed by atoms with Crippen molar-refractivity contribution < 1.29 is 9.59 Å². The van der Waals surface area contributed by atoms with E-state index in [-0.39, 0.29) is 17.7 Å². The molecule has 1 unspecified atom stereocenters. The number of piperidine rings is 1. The summed E-state index contributed by atoms with van der Waals surface area (Å²) in [7, 11) is 1.94. The number of hydrogen-bond donors (Lipinski definition) is 2. The lowest BCUT2D eigenvalue weighted by atomic mass is 10.0. The predicted molar refractivity (Wildman–Crippen MR) is 85.8 cm³/mol. The standard InChI is InChI=1S/C17H23N3O2/c1-18-15-6-3-9-20(11-15)17(22)13-4-2-5-14(10-13)19-16(21)12-7-8-12/h2,4-5,10,12,15,18H,3,6-9,11H2,1H3,(H,19,21). The van der Waals surface area contributed by atoms with Gasteiger partial charge in [0.25, 0.3) is 5.91 Å². The van der Waals surface area contributed by atoms with Crippen LogP contribution in [0.4, 0.5) is 5.69 Å². The summed E-state index contributed by atoms with van der Waals surface area (Å²) in [5, 5.41) is 6.15. The van der Waals surface area contributed by atoms with Crippen LogP contribution < -0.4 is 10.6 Å². The maximum absolute atomic E-state index is 12.6. The molecule has 5 nitrogen and oxygen atoms in total. The summed E-state index contributed by atoms with van der Waals surface area (Å²) >= 11 is 0. The average Bonchev–Trinajstić information content (AvgIpc) is 3.39. The van der Waals surface area contributed by atoms with Gasteiger partial charge in [-0.05, 0) is 50.9 Å². The SMILES string of the molecule is CNC1CCCN(C(=O)c2cccc(NC(=O)C3CC3)c2)C1. The zero-order chi connectivity index (χ0) is 15.5. The van der Waals surface area contributed by atoms with E-state index >= 15 is 0 Å². The Bertz CT molecular complexity index is 569. The number of anilines is 1. The minimum absolute atomic E-state index is 0.0440. The summed E-state index contributed by atoms with van der Waals surface area (Å²) in [6.45, 7) is 1.55. The third-order valence-corrected chi connectivity index (χ3v) is 4.44. The molecular formula is C17H23N3O2. The molecule has 0 spiro atoms. The van der Waals surface area contributed by atoms with Crippen LogP contribution in [-0.4, -0.2) is 42.9 Å². The molecule has 2 amide bonds. The van der Waals surface area contributed by atoms with E-state index in [2.05, 4.69) is 10.6 Å². The first kappa shape index (κ1) is 15.0. The Morgan fingerprint density at radius 3 is 2.77 bits per heavy atom. The van der Waals surface area contributed by atoms with Gasteiger partial charge < -0.3 is 15.5 Å². The van der Waals surface area contributed by atoms with Crippen molar-refractivity contribution in [2.24, 2.45) is 5.92 Å². The van der Waals surface area contributed by atoms with Gasteiger partial charge in [0.05, 0.1) is 0 Å². The Balaban J connectivity index is 1.67. The monoisotopic (exact) mass is 301 g/mol. The second-order valence-corrected chi connectivity index (χ2v) is 6.22. The summed E-state index contributed by atoms with van der Waals surface area (Å²) in [6.07, 6.45) is 4.08. The normalized spacial score (nSPS) is 21.5. The van der Waals surface area contributed by atoms with Crippen LogP contribution in [0.2, 0.25) is 0 Å². The molecule has 1 aromatic rings. The Morgan fingerprint density at radius 1 is 1.23 bits per heavy atom. The topological polar surface area (TPSA) is 61.4 Å². The zero-order valence-corrected chi connectivity index (χ0v) is 13.0. The Kier molecular flexibility index (Phi) is 4.43. The third kappa shape index (κ3) is 3.47. The number of likely N-dealkylation sites (tertiary alicyclic amines) is 1. The van der Waals surface area contributed by atoms with E-state index in [0.29, 0.717) is 17.3 Å². The summed E-state index contributed by atoms with van der Waals surface area (Å²) in [4.78, 5) is 26.4. The maximum atomic E-state index is 12.6. The molecule has 0 radical (unpaired) electrons. The van der Waals surface area contributed by atoms with Crippen LogP contribution >= 0.6 is 0 Å². The highest BCUT2D eigenvalue weighted by Crippen LogP contribution is 2.30. The Labute approximate surface area is 131 Å². The van der Waals surface area contributed by atoms with Crippen molar-refractivity contribution >= 4 is 17.5 Å². The third-order valence-electron chi connectivity index (χ3n) is 4.44. The number of benzene rings is 1. The van der Waals surface area contributed by atoms with Crippen LogP contribution in [0, 0.1) is 5.92 Å². The van der Waals surface area contributed by atoms with Crippen LogP contribution in [0.15, 0.2) is 24.3 Å². The molecule has 118 valence electrons. The van der Waals surface area contributed by atoms with Crippen LogP contribution in [0.3, 0.4) is 0 Å². The largest absolute Gasteiger partial charge is 0.337 e. The van der Waals surface area contributed by atoms with E-state index in [0.717, 1.165) is 38.8 Å². The van der Waals surface area contributed by atoms with E-state index in [1.807, 2.05) is 30.1 Å². The van der Waals surface area contributed by atoms with Gasteiger partial charge >= 0.3 is 0 Å². The van der Waals surface area contributed by atoms with E-state index in [4.69, 9.17) is 0 Å². The molecule has 0 bridgehead atoms. The van der Waals surface area contributed by atoms with E-state index in [9.17, 15) is 9.59 Å². The van der Waals surface area contributed by atoms with Crippen molar-refractivity contribution in [1.29, 1.82) is 0 Å². The van der Waals surface area contributed by atoms with Gasteiger partial charge in [-0.2, -0.15) is 0 Å². The molecule has 1 atom stereocenters. The first-order chi connectivity index (χ1) is 10.7. The number of nitrogens with zero attached hydrogens (tertiary/aromatic N) is 1. The van der Waals surface area contributed by atoms with Gasteiger partial charge in [0.15, 0.2) is 0 Å². The smallest absolute Gasteiger partial charge is 0.253 e. The second kappa shape index (κ2) is 6.48. The molecule has 1 aromatic carbocycles. The fraction of sp³-hybridized carbons (Fsp3) is 0.529. The molecule has 0 aromatic heterocycles. The van der Waals surface area contributed by atoms with Crippen LogP contribution in [0.5, 0.6) is 0 Å². The molecule has 2 N–H and O–H groups in total. The van der Waals surface area contributed by atoms with Gasteiger partial charge in [-0.15, -0.1) is 0 Å². The summed E-state index contributed by atoms with van der Waals surface area (Å²) in [5.74, 6) is 0.276. The van der Waals surface area contributed by atoms with Crippen molar-refractivity contribution in [3.63, 3.8) is 0 Å². The number of amides is 2. The number of carbonyl (C=O) groups is 2. The molecule has 1 aliphatic carbocycles. The van der Waals surface area contributed by atoms with Crippen LogP contribution in [0.1, 0.15) is 36.0 Å². The Hall–Kier alpha value is -1.88. The van der Waals surface area contributed by atoms with Gasteiger partial charge in [-0.3, -0.25) is 9.59 Å². The van der Waals surface area contributed by atoms with E-state index in [1.165, 1.54) is 0 Å². The highest BCUT2D eigenvalue weighted by atomic mass is 16.2. The summed E-state index contributed by atoms with van der Waals surface area (Å²) in [5.41, 5.74) is 1.36. The van der Waals surface area contributed by atoms with E-state index in [1.54, 1.807) is 6.07 Å². The molecule has 1 aliphatic heterocycles. The number of hydrogen-bond acceptors (Lipinski definition) is 3. The predicted octanol–water partition coefficient (Wildman–Crippen LogP) is 1.86. The van der Waals surface area contributed by atoms with Gasteiger partial charge in [0.2, 0.25) is 5.91 Å². The van der Waals surface area contributed by atoms with Gasteiger partial charge in [-0.25, -0.2) is 0 Å². The van der Waals surface area contributed by atoms with Crippen LogP contribution in [0.25, 0.3) is 0 Å². The molecule has 2 aliphatic rings. The van der Waals surface area contributed by atoms with Crippen LogP contribution in [-0.2, 0) is 4.79 Å². The molecule has 5 heteroatoms. The Morgan fingerprint density at radius 2 is 2.05 bits per heavy atom. The lowest BCUT2D eigenvalue weighted by Gasteiger charge is -2.32. The molecule has 2 fully saturated rings. The van der Waals surface area contributed by atoms with Gasteiger partial charge in [0, 0.05) is 36.3 Å². The molecule has 3 rings (SSSR count). The number of likely N-dealkylation sites (N-methyl/N-ethyl adjacent to an activating group) is 1. The zero-order valence-electron chi connectivity index (χ0n) is 13.0. The number of rotatable bonds is 4. The minimum atomic E-state index is 0.0440. The fourth-order valence-electron chi connectivity index (χ4n) is 2.90. The van der Waals surface area contributed by atoms with Gasteiger partial charge in [0.1, 0.15) is 0 Å². The first-order valence-corrected chi connectivity index (χ1v) is 8.05. The molecular weight excluding hydrogens is 278 g/mol. The quantitative estimate of drug-likeness (QED) is 0.892. The highest BCUT2D eigenvalue weighted by molar-refractivity contribution is 5.98. The highest BCUT2D eigenvalue weighted by Gasteiger charge is 2.29. The first-order valence-electron chi connectivity index (χ1n) is 8.05. The van der Waals surface area contributed by atoms with Crippen molar-refractivity contribution in [2.45, 2.75) is 31.7 Å². The summed E-state index contributed by atoms with van der Waals surface area (Å²) < 4.78 is 0. The van der Waals surface area contributed by atoms with Crippen molar-refractivity contribution in [3.05, 3.63) is 29.8 Å². The average molecular weight is 301 g/mol. The lowest BCUT2D eigenvalue weighted by Crippen LogP contribution is -2.46. The molecule has 22 heavy (non-hydrogen) atoms. The maximum Gasteiger partial charge on any atom is 0.253 e. The van der Waals surface area contributed by atoms with Crippen molar-refractivity contribution in [3.8, 4) is 0 Å². The molecule has 1 saturated heterocycles. The lowest BCUT2D eigenvalue weighted by molar-refractivity contribution is -0.117. The van der Waals surface area contributed by atoms with E-state index < -0.39 is 0 Å². The van der Waals surface area contributed by atoms with Crippen molar-refractivity contribution in [1.82, 2.24) is 10.2 Å². The molecule has 1 saturated carbocycles. The van der Waals surface area contributed by atoms with Gasteiger partial charge in [-0.1, -0.05) is 6.07 Å². The minimum Gasteiger partial charge on any atom is -0.337 e. The number of carbonyl (C=O) groups excluding carboxylic acids is 2. The summed E-state index contributed by atoms with van der Waals surface area (Å²) in [6, 6.07) is 7.64.